The molecule has 0 bridgehead atoms. The number of urea groups is 1. The number of aromatic nitrogens is 2. The van der Waals surface area contributed by atoms with Crippen LogP contribution in [0.15, 0.2) is 29.2 Å². The van der Waals surface area contributed by atoms with Gasteiger partial charge in [0, 0.05) is 18.2 Å². The Morgan fingerprint density at radius 2 is 2.03 bits per heavy atom. The first-order chi connectivity index (χ1) is 15.8. The van der Waals surface area contributed by atoms with Gasteiger partial charge in [0.15, 0.2) is 5.82 Å². The quantitative estimate of drug-likeness (QED) is 0.212. The van der Waals surface area contributed by atoms with Gasteiger partial charge in [0.25, 0.3) is 5.56 Å². The van der Waals surface area contributed by atoms with Crippen molar-refractivity contribution in [2.45, 2.75) is 44.4 Å². The summed E-state index contributed by atoms with van der Waals surface area (Å²) in [7, 11) is 0. The van der Waals surface area contributed by atoms with Crippen molar-refractivity contribution in [2.24, 2.45) is 5.73 Å². The number of nitrogens with zero attached hydrogens (tertiary/aromatic N) is 2. The molecule has 1 aliphatic rings. The normalized spacial score (nSPS) is 14.7. The number of halogens is 2. The summed E-state index contributed by atoms with van der Waals surface area (Å²) in [5.74, 6) is -0.412. The molecule has 178 valence electrons. The Balaban J connectivity index is 1.48. The van der Waals surface area contributed by atoms with Crippen LogP contribution in [0, 0.1) is 11.2 Å². The average Bonchev–Trinajstić information content (AvgIpc) is 2.77. The molecule has 0 radical (unpaired) electrons. The number of unbranched alkanes of at least 4 members (excludes halogenated alkanes) is 2. The van der Waals surface area contributed by atoms with E-state index in [0.29, 0.717) is 12.0 Å². The summed E-state index contributed by atoms with van der Waals surface area (Å²) in [6, 6.07) is 3.51. The van der Waals surface area contributed by atoms with E-state index in [4.69, 9.17) is 22.7 Å². The van der Waals surface area contributed by atoms with Crippen molar-refractivity contribution in [2.75, 3.05) is 30.3 Å². The molecular weight excluding hydrogens is 449 g/mol. The van der Waals surface area contributed by atoms with Crippen molar-refractivity contribution < 1.29 is 9.18 Å². The molecule has 33 heavy (non-hydrogen) atoms. The molecule has 9 nitrogen and oxygen atoms in total. The molecule has 2 amide bonds. The largest absolute Gasteiger partial charge is 0.388 e. The maximum absolute atomic E-state index is 13.9. The number of H-pyrrole nitrogens is 1. The first-order valence-corrected chi connectivity index (χ1v) is 11.4. The number of anilines is 2. The molecule has 0 atom stereocenters. The second kappa shape index (κ2) is 11.8. The van der Waals surface area contributed by atoms with Crippen LogP contribution >= 0.6 is 11.6 Å². The summed E-state index contributed by atoms with van der Waals surface area (Å²) in [4.78, 5) is 33.8. The number of amides is 2. The molecule has 11 heteroatoms. The molecule has 1 aliphatic heterocycles. The number of amidine groups is 1. The Morgan fingerprint density at radius 1 is 1.27 bits per heavy atom. The molecule has 6 N–H and O–H groups in total. The average molecular weight is 478 g/mol. The summed E-state index contributed by atoms with van der Waals surface area (Å²) >= 11 is 5.71. The van der Waals surface area contributed by atoms with E-state index in [-0.39, 0.29) is 34.0 Å². The van der Waals surface area contributed by atoms with E-state index < -0.39 is 11.8 Å². The van der Waals surface area contributed by atoms with Gasteiger partial charge in [-0.3, -0.25) is 20.5 Å². The number of piperidine rings is 1. The second-order valence-electron chi connectivity index (χ2n) is 8.15. The van der Waals surface area contributed by atoms with Gasteiger partial charge in [0.1, 0.15) is 0 Å². The zero-order valence-corrected chi connectivity index (χ0v) is 19.1. The van der Waals surface area contributed by atoms with Gasteiger partial charge in [-0.2, -0.15) is 0 Å². The van der Waals surface area contributed by atoms with Gasteiger partial charge in [-0.1, -0.05) is 24.1 Å². The number of hydrogen-bond donors (Lipinski definition) is 5. The van der Waals surface area contributed by atoms with E-state index in [1.54, 1.807) is 0 Å². The Hall–Kier alpha value is -2.98. The van der Waals surface area contributed by atoms with E-state index in [0.717, 1.165) is 51.7 Å². The van der Waals surface area contributed by atoms with Crippen molar-refractivity contribution >= 4 is 35.1 Å². The summed E-state index contributed by atoms with van der Waals surface area (Å²) in [6.07, 6.45) is 6.94. The zero-order chi connectivity index (χ0) is 23.8. The number of likely N-dealkylation sites (tertiary alicyclic amines) is 1. The van der Waals surface area contributed by atoms with Gasteiger partial charge in [0.05, 0.1) is 16.5 Å². The van der Waals surface area contributed by atoms with Crippen LogP contribution in [-0.2, 0) is 0 Å². The molecule has 2 heterocycles. The first kappa shape index (κ1) is 24.7. The number of nitrogens with two attached hydrogens (primary N) is 1. The lowest BCUT2D eigenvalue weighted by Crippen LogP contribution is -2.35. The molecule has 0 saturated carbocycles. The van der Waals surface area contributed by atoms with E-state index in [9.17, 15) is 14.0 Å². The molecule has 1 aromatic heterocycles. The minimum atomic E-state index is -0.747. The molecule has 3 rings (SSSR count). The SMILES string of the molecule is N=C(N)CCCCCN1CCC(c2cnc(NC(=O)Nc3cccc(Cl)c3F)[nH]c2=O)CC1. The fourth-order valence-electron chi connectivity index (χ4n) is 3.92. The number of carbonyl (C=O) groups excluding carboxylic acids is 1. The first-order valence-electron chi connectivity index (χ1n) is 11.0. The maximum atomic E-state index is 13.9. The molecular formula is C22H29ClFN7O2. The Morgan fingerprint density at radius 3 is 2.73 bits per heavy atom. The molecule has 0 spiro atoms. The lowest BCUT2D eigenvalue weighted by Gasteiger charge is -2.31. The molecule has 0 aliphatic carbocycles. The van der Waals surface area contributed by atoms with Crippen LogP contribution in [-0.4, -0.2) is 46.4 Å². The van der Waals surface area contributed by atoms with Crippen molar-refractivity contribution in [3.63, 3.8) is 0 Å². The molecule has 1 saturated heterocycles. The van der Waals surface area contributed by atoms with Crippen LogP contribution in [0.4, 0.5) is 20.8 Å². The van der Waals surface area contributed by atoms with E-state index in [1.165, 1.54) is 24.4 Å². The monoisotopic (exact) mass is 477 g/mol. The van der Waals surface area contributed by atoms with Crippen LogP contribution in [0.3, 0.4) is 0 Å². The number of aromatic amines is 1. The Labute approximate surface area is 196 Å². The maximum Gasteiger partial charge on any atom is 0.326 e. The van der Waals surface area contributed by atoms with Crippen molar-refractivity contribution in [3.05, 3.63) is 51.2 Å². The highest BCUT2D eigenvalue weighted by molar-refractivity contribution is 6.31. The fourth-order valence-corrected chi connectivity index (χ4v) is 4.09. The number of hydrogen-bond acceptors (Lipinski definition) is 5. The summed E-state index contributed by atoms with van der Waals surface area (Å²) in [5, 5.41) is 11.9. The molecule has 2 aromatic rings. The summed E-state index contributed by atoms with van der Waals surface area (Å²) in [6.45, 7) is 2.82. The number of carbonyl (C=O) groups is 1. The van der Waals surface area contributed by atoms with Crippen LogP contribution in [0.1, 0.15) is 50.0 Å². The smallest absolute Gasteiger partial charge is 0.326 e. The van der Waals surface area contributed by atoms with Crippen molar-refractivity contribution in [1.29, 1.82) is 5.41 Å². The van der Waals surface area contributed by atoms with E-state index in [1.807, 2.05) is 0 Å². The number of benzene rings is 1. The van der Waals surface area contributed by atoms with Crippen LogP contribution in [0.25, 0.3) is 0 Å². The van der Waals surface area contributed by atoms with Crippen LogP contribution in [0.5, 0.6) is 0 Å². The van der Waals surface area contributed by atoms with Gasteiger partial charge in [-0.05, 0) is 63.4 Å². The lowest BCUT2D eigenvalue weighted by molar-refractivity contribution is 0.208. The predicted octanol–water partition coefficient (Wildman–Crippen LogP) is 3.88. The third-order valence-corrected chi connectivity index (χ3v) is 6.00. The van der Waals surface area contributed by atoms with Crippen molar-refractivity contribution in [3.8, 4) is 0 Å². The van der Waals surface area contributed by atoms with Gasteiger partial charge < -0.3 is 16.0 Å². The van der Waals surface area contributed by atoms with Crippen LogP contribution < -0.4 is 21.9 Å². The van der Waals surface area contributed by atoms with Gasteiger partial charge in [-0.25, -0.2) is 14.2 Å². The third-order valence-electron chi connectivity index (χ3n) is 5.71. The predicted molar refractivity (Wildman–Crippen MR) is 128 cm³/mol. The summed E-state index contributed by atoms with van der Waals surface area (Å²) in [5.41, 5.74) is 5.60. The Bertz CT molecular complexity index is 1040. The van der Waals surface area contributed by atoms with Crippen LogP contribution in [0.2, 0.25) is 5.02 Å². The van der Waals surface area contributed by atoms with Crippen molar-refractivity contribution in [1.82, 2.24) is 14.9 Å². The standard InChI is InChI=1S/C22H29ClFN7O2/c23-16-5-4-6-17(19(16)24)28-22(33)30-21-27-13-15(20(32)29-21)14-8-11-31(12-9-14)10-3-1-2-7-18(25)26/h4-6,13-14H,1-3,7-12H2,(H3,25,26)(H3,27,28,29,30,32,33). The van der Waals surface area contributed by atoms with E-state index in [2.05, 4.69) is 25.5 Å². The highest BCUT2D eigenvalue weighted by Gasteiger charge is 2.23. The third kappa shape index (κ3) is 7.26. The van der Waals surface area contributed by atoms with Gasteiger partial charge in [0.2, 0.25) is 5.95 Å². The lowest BCUT2D eigenvalue weighted by atomic mass is 9.91. The second-order valence-corrected chi connectivity index (χ2v) is 8.56. The minimum absolute atomic E-state index is 0.0216. The molecule has 0 unspecified atom stereocenters. The number of nitrogens with one attached hydrogen (secondary N) is 4. The van der Waals surface area contributed by atoms with E-state index >= 15 is 0 Å². The number of rotatable bonds is 9. The minimum Gasteiger partial charge on any atom is -0.388 e. The highest BCUT2D eigenvalue weighted by atomic mass is 35.5. The van der Waals surface area contributed by atoms with Gasteiger partial charge in [-0.15, -0.1) is 0 Å². The molecule has 1 aromatic carbocycles. The Kier molecular flexibility index (Phi) is 8.79. The summed E-state index contributed by atoms with van der Waals surface area (Å²) < 4.78 is 13.9. The topological polar surface area (TPSA) is 140 Å². The zero-order valence-electron chi connectivity index (χ0n) is 18.3. The fraction of sp³-hybridized carbons (Fsp3) is 0.455. The molecule has 1 fully saturated rings. The van der Waals surface area contributed by atoms with Gasteiger partial charge >= 0.3 is 6.03 Å². The highest BCUT2D eigenvalue weighted by Crippen LogP contribution is 2.26.